The SMILES string of the molecule is CCOc1cccc(C2/C(=C(\O)c3cccc(Cl)c3)C(=O)C(=O)N2c2cccc(Cl)c2)c1. The zero-order valence-electron chi connectivity index (χ0n) is 17.1. The van der Waals surface area contributed by atoms with Crippen LogP contribution in [-0.4, -0.2) is 23.4 Å². The highest BCUT2D eigenvalue weighted by Gasteiger charge is 2.47. The number of carbonyl (C=O) groups excluding carboxylic acids is 2. The molecule has 3 aromatic carbocycles. The average Bonchev–Trinajstić information content (AvgIpc) is 3.04. The van der Waals surface area contributed by atoms with E-state index in [1.165, 1.54) is 11.0 Å². The summed E-state index contributed by atoms with van der Waals surface area (Å²) < 4.78 is 5.61. The topological polar surface area (TPSA) is 66.8 Å². The lowest BCUT2D eigenvalue weighted by atomic mass is 9.95. The number of hydrogen-bond donors (Lipinski definition) is 1. The lowest BCUT2D eigenvalue weighted by molar-refractivity contribution is -0.132. The normalized spacial score (nSPS) is 17.6. The Bertz CT molecular complexity index is 1240. The zero-order chi connectivity index (χ0) is 22.8. The Balaban J connectivity index is 1.95. The van der Waals surface area contributed by atoms with E-state index in [2.05, 4.69) is 0 Å². The Kier molecular flexibility index (Phi) is 6.21. The van der Waals surface area contributed by atoms with Gasteiger partial charge in [-0.15, -0.1) is 0 Å². The first-order valence-corrected chi connectivity index (χ1v) is 10.7. The van der Waals surface area contributed by atoms with Gasteiger partial charge in [0.05, 0.1) is 18.2 Å². The molecular formula is C25H19Cl2NO4. The Morgan fingerprint density at radius 3 is 2.34 bits per heavy atom. The second-order valence-corrected chi connectivity index (χ2v) is 8.04. The van der Waals surface area contributed by atoms with Crippen molar-refractivity contribution in [2.45, 2.75) is 13.0 Å². The number of amides is 1. The van der Waals surface area contributed by atoms with Crippen molar-refractivity contribution in [3.63, 3.8) is 0 Å². The van der Waals surface area contributed by atoms with Crippen molar-refractivity contribution in [3.05, 3.63) is 99.5 Å². The molecule has 0 aromatic heterocycles. The molecule has 0 radical (unpaired) electrons. The summed E-state index contributed by atoms with van der Waals surface area (Å²) in [6.45, 7) is 2.32. The predicted molar refractivity (Wildman–Crippen MR) is 125 cm³/mol. The molecule has 1 unspecified atom stereocenters. The fourth-order valence-electron chi connectivity index (χ4n) is 3.77. The molecule has 0 bridgehead atoms. The summed E-state index contributed by atoms with van der Waals surface area (Å²) in [5, 5.41) is 11.9. The van der Waals surface area contributed by atoms with E-state index in [9.17, 15) is 14.7 Å². The first-order valence-electron chi connectivity index (χ1n) is 9.96. The highest BCUT2D eigenvalue weighted by atomic mass is 35.5. The van der Waals surface area contributed by atoms with Crippen molar-refractivity contribution >= 4 is 46.3 Å². The van der Waals surface area contributed by atoms with E-state index in [-0.39, 0.29) is 11.3 Å². The molecule has 1 amide bonds. The Labute approximate surface area is 195 Å². The van der Waals surface area contributed by atoms with Crippen LogP contribution in [0.15, 0.2) is 78.4 Å². The molecule has 0 saturated carbocycles. The van der Waals surface area contributed by atoms with E-state index in [4.69, 9.17) is 27.9 Å². The molecule has 4 rings (SSSR count). The predicted octanol–water partition coefficient (Wildman–Crippen LogP) is 6.02. The van der Waals surface area contributed by atoms with Crippen LogP contribution in [0.25, 0.3) is 5.76 Å². The number of Topliss-reactive ketones (excluding diaryl/α,β-unsaturated/α-hetero) is 1. The van der Waals surface area contributed by atoms with Crippen LogP contribution in [0.3, 0.4) is 0 Å². The minimum Gasteiger partial charge on any atom is -0.507 e. The van der Waals surface area contributed by atoms with Gasteiger partial charge in [-0.1, -0.05) is 53.5 Å². The van der Waals surface area contributed by atoms with Crippen LogP contribution in [-0.2, 0) is 9.59 Å². The van der Waals surface area contributed by atoms with Crippen LogP contribution < -0.4 is 9.64 Å². The van der Waals surface area contributed by atoms with E-state index in [0.29, 0.717) is 39.2 Å². The molecule has 0 spiro atoms. The highest BCUT2D eigenvalue weighted by molar-refractivity contribution is 6.51. The minimum absolute atomic E-state index is 0.0362. The first kappa shape index (κ1) is 21.9. The molecule has 1 N–H and O–H groups in total. The van der Waals surface area contributed by atoms with Gasteiger partial charge in [-0.3, -0.25) is 14.5 Å². The van der Waals surface area contributed by atoms with Crippen LogP contribution in [0.1, 0.15) is 24.1 Å². The van der Waals surface area contributed by atoms with E-state index < -0.39 is 17.7 Å². The Hall–Kier alpha value is -3.28. The van der Waals surface area contributed by atoms with Gasteiger partial charge < -0.3 is 9.84 Å². The maximum absolute atomic E-state index is 13.2. The Morgan fingerprint density at radius 2 is 1.66 bits per heavy atom. The maximum Gasteiger partial charge on any atom is 0.300 e. The Morgan fingerprint density at radius 1 is 0.969 bits per heavy atom. The van der Waals surface area contributed by atoms with Crippen molar-refractivity contribution in [2.24, 2.45) is 0 Å². The number of anilines is 1. The summed E-state index contributed by atoms with van der Waals surface area (Å²) in [4.78, 5) is 27.7. The summed E-state index contributed by atoms with van der Waals surface area (Å²) in [6.07, 6.45) is 0. The first-order chi connectivity index (χ1) is 15.4. The van der Waals surface area contributed by atoms with E-state index in [1.54, 1.807) is 66.7 Å². The quantitative estimate of drug-likeness (QED) is 0.283. The van der Waals surface area contributed by atoms with Gasteiger partial charge in [-0.05, 0) is 55.0 Å². The fraction of sp³-hybridized carbons (Fsp3) is 0.120. The molecule has 32 heavy (non-hydrogen) atoms. The van der Waals surface area contributed by atoms with Crippen LogP contribution in [0.5, 0.6) is 5.75 Å². The smallest absolute Gasteiger partial charge is 0.300 e. The molecule has 1 fully saturated rings. The summed E-state index contributed by atoms with van der Waals surface area (Å²) >= 11 is 12.2. The summed E-state index contributed by atoms with van der Waals surface area (Å²) in [6, 6.07) is 19.4. The summed E-state index contributed by atoms with van der Waals surface area (Å²) in [5.74, 6) is -1.27. The molecule has 7 heteroatoms. The third kappa shape index (κ3) is 4.09. The van der Waals surface area contributed by atoms with Crippen molar-refractivity contribution in [2.75, 3.05) is 11.5 Å². The number of ketones is 1. The van der Waals surface area contributed by atoms with Gasteiger partial charge in [0.25, 0.3) is 11.7 Å². The van der Waals surface area contributed by atoms with Gasteiger partial charge in [-0.2, -0.15) is 0 Å². The van der Waals surface area contributed by atoms with Crippen LogP contribution in [0, 0.1) is 0 Å². The number of aliphatic hydroxyl groups is 1. The van der Waals surface area contributed by atoms with Crippen molar-refractivity contribution in [1.29, 1.82) is 0 Å². The maximum atomic E-state index is 13.2. The summed E-state index contributed by atoms with van der Waals surface area (Å²) in [7, 11) is 0. The highest BCUT2D eigenvalue weighted by Crippen LogP contribution is 2.43. The standard InChI is InChI=1S/C25H19Cl2NO4/c1-2-32-20-11-4-6-15(13-20)22-21(23(29)16-7-3-8-17(26)12-16)24(30)25(31)28(22)19-10-5-9-18(27)14-19/h3-14,22,29H,2H2,1H3/b23-21+. The number of nitrogens with zero attached hydrogens (tertiary/aromatic N) is 1. The molecule has 5 nitrogen and oxygen atoms in total. The molecule has 1 heterocycles. The average molecular weight is 468 g/mol. The van der Waals surface area contributed by atoms with E-state index in [1.807, 2.05) is 6.92 Å². The van der Waals surface area contributed by atoms with Gasteiger partial charge >= 0.3 is 0 Å². The summed E-state index contributed by atoms with van der Waals surface area (Å²) in [5.41, 5.74) is 1.36. The third-order valence-corrected chi connectivity index (χ3v) is 5.58. The molecule has 1 saturated heterocycles. The number of halogens is 2. The van der Waals surface area contributed by atoms with Crippen molar-refractivity contribution in [1.82, 2.24) is 0 Å². The number of rotatable bonds is 5. The third-order valence-electron chi connectivity index (χ3n) is 5.11. The van der Waals surface area contributed by atoms with Gasteiger partial charge in [0.1, 0.15) is 11.5 Å². The van der Waals surface area contributed by atoms with Crippen molar-refractivity contribution < 1.29 is 19.4 Å². The monoisotopic (exact) mass is 467 g/mol. The van der Waals surface area contributed by atoms with Gasteiger partial charge in [-0.25, -0.2) is 0 Å². The number of hydrogen-bond acceptors (Lipinski definition) is 4. The van der Waals surface area contributed by atoms with Gasteiger partial charge in [0.15, 0.2) is 0 Å². The van der Waals surface area contributed by atoms with E-state index >= 15 is 0 Å². The largest absolute Gasteiger partial charge is 0.507 e. The molecule has 1 aliphatic heterocycles. The second-order valence-electron chi connectivity index (χ2n) is 7.16. The molecule has 162 valence electrons. The van der Waals surface area contributed by atoms with E-state index in [0.717, 1.165) is 0 Å². The fourth-order valence-corrected chi connectivity index (χ4v) is 4.15. The van der Waals surface area contributed by atoms with Crippen LogP contribution in [0.4, 0.5) is 5.69 Å². The van der Waals surface area contributed by atoms with Crippen LogP contribution in [0.2, 0.25) is 10.0 Å². The molecule has 1 atom stereocenters. The minimum atomic E-state index is -0.882. The molecule has 0 aliphatic carbocycles. The number of carbonyl (C=O) groups is 2. The van der Waals surface area contributed by atoms with Gasteiger partial charge in [0.2, 0.25) is 0 Å². The lowest BCUT2D eigenvalue weighted by Crippen LogP contribution is -2.29. The number of benzene rings is 3. The number of aliphatic hydroxyl groups excluding tert-OH is 1. The van der Waals surface area contributed by atoms with Crippen LogP contribution >= 0.6 is 23.2 Å². The van der Waals surface area contributed by atoms with Crippen molar-refractivity contribution in [3.8, 4) is 5.75 Å². The molecule has 1 aliphatic rings. The second kappa shape index (κ2) is 9.07. The molecule has 3 aromatic rings. The molecular weight excluding hydrogens is 449 g/mol. The lowest BCUT2D eigenvalue weighted by Gasteiger charge is -2.26. The van der Waals surface area contributed by atoms with Gasteiger partial charge in [0, 0.05) is 21.3 Å². The zero-order valence-corrected chi connectivity index (χ0v) is 18.6. The number of ether oxygens (including phenoxy) is 1.